The highest BCUT2D eigenvalue weighted by Crippen LogP contribution is 2.35. The van der Waals surface area contributed by atoms with Gasteiger partial charge in [-0.1, -0.05) is 5.92 Å². The van der Waals surface area contributed by atoms with Gasteiger partial charge in [0.25, 0.3) is 0 Å². The third kappa shape index (κ3) is 1.98. The van der Waals surface area contributed by atoms with E-state index in [9.17, 15) is 15.0 Å². The molecule has 0 radical (unpaired) electrons. The number of aliphatic hydroxyl groups excluding tert-OH is 2. The van der Waals surface area contributed by atoms with Gasteiger partial charge in [-0.05, 0) is 6.07 Å². The maximum absolute atomic E-state index is 11.7. The van der Waals surface area contributed by atoms with Crippen LogP contribution >= 0.6 is 0 Å². The predicted octanol–water partition coefficient (Wildman–Crippen LogP) is -2.56. The molecule has 0 saturated carbocycles. The number of anilines is 1. The van der Waals surface area contributed by atoms with Crippen LogP contribution in [0.3, 0.4) is 0 Å². The molecule has 8 heteroatoms. The summed E-state index contributed by atoms with van der Waals surface area (Å²) in [6.45, 7) is -0.606. The lowest BCUT2D eigenvalue weighted by Crippen LogP contribution is -2.48. The normalized spacial score (nSPS) is 34.1. The lowest BCUT2D eigenvalue weighted by atomic mass is 9.93. The summed E-state index contributed by atoms with van der Waals surface area (Å²) in [6.07, 6.45) is 2.37. The van der Waals surface area contributed by atoms with Gasteiger partial charge in [0, 0.05) is 6.20 Å². The fraction of sp³-hybridized carbons (Fsp3) is 0.455. The smallest absolute Gasteiger partial charge is 0.351 e. The third-order valence-corrected chi connectivity index (χ3v) is 3.04. The van der Waals surface area contributed by atoms with Crippen LogP contribution in [0.25, 0.3) is 0 Å². The van der Waals surface area contributed by atoms with Crippen molar-refractivity contribution in [1.82, 2.24) is 9.55 Å². The van der Waals surface area contributed by atoms with Gasteiger partial charge in [-0.25, -0.2) is 4.79 Å². The van der Waals surface area contributed by atoms with E-state index < -0.39 is 36.3 Å². The van der Waals surface area contributed by atoms with Gasteiger partial charge in [0.1, 0.15) is 18.0 Å². The summed E-state index contributed by atoms with van der Waals surface area (Å²) in [5.74, 6) is 2.00. The van der Waals surface area contributed by atoms with Gasteiger partial charge >= 0.3 is 5.69 Å². The number of ether oxygens (including phenoxy) is 1. The third-order valence-electron chi connectivity index (χ3n) is 3.04. The van der Waals surface area contributed by atoms with E-state index in [0.29, 0.717) is 0 Å². The molecule has 1 aromatic rings. The lowest BCUT2D eigenvalue weighted by molar-refractivity contribution is -0.0624. The van der Waals surface area contributed by atoms with Crippen molar-refractivity contribution in [2.24, 2.45) is 0 Å². The maximum Gasteiger partial charge on any atom is 0.351 e. The zero-order chi connectivity index (χ0) is 14.2. The predicted molar refractivity (Wildman–Crippen MR) is 63.7 cm³/mol. The Morgan fingerprint density at radius 3 is 2.84 bits per heavy atom. The van der Waals surface area contributed by atoms with E-state index in [1.54, 1.807) is 0 Å². The van der Waals surface area contributed by atoms with Crippen LogP contribution in [-0.2, 0) is 4.74 Å². The van der Waals surface area contributed by atoms with Gasteiger partial charge in [0.05, 0.1) is 6.61 Å². The number of aromatic nitrogens is 2. The zero-order valence-electron chi connectivity index (χ0n) is 9.80. The van der Waals surface area contributed by atoms with Crippen molar-refractivity contribution >= 4 is 5.82 Å². The van der Waals surface area contributed by atoms with Crippen LogP contribution in [-0.4, -0.2) is 49.3 Å². The second kappa shape index (κ2) is 4.64. The zero-order valence-corrected chi connectivity index (χ0v) is 9.80. The first-order chi connectivity index (χ1) is 8.93. The molecule has 0 amide bonds. The summed E-state index contributed by atoms with van der Waals surface area (Å²) in [4.78, 5) is 15.1. The molecule has 5 N–H and O–H groups in total. The highest BCUT2D eigenvalue weighted by molar-refractivity contribution is 5.24. The average Bonchev–Trinajstić information content (AvgIpc) is 2.63. The molecule has 4 atom stereocenters. The Bertz CT molecular complexity index is 580. The number of terminal acetylenes is 1. The van der Waals surface area contributed by atoms with Gasteiger partial charge in [0.2, 0.25) is 0 Å². The number of rotatable bonds is 2. The second-order valence-electron chi connectivity index (χ2n) is 4.15. The van der Waals surface area contributed by atoms with Crippen LogP contribution in [0.4, 0.5) is 5.82 Å². The standard InChI is InChI=1S/C11H13N3O5/c1-2-11(18)6(5-15)19-9(8(11)16)14-4-3-7(12)13-10(14)17/h1,3-4,6,8-9,15-16,18H,5H2,(H2,12,13,17)/t6-,8?,9-,11+/m1/s1. The number of nitrogen functional groups attached to an aromatic ring is 1. The molecule has 0 aromatic carbocycles. The Morgan fingerprint density at radius 1 is 1.68 bits per heavy atom. The van der Waals surface area contributed by atoms with Gasteiger partial charge in [-0.2, -0.15) is 4.98 Å². The minimum atomic E-state index is -2.08. The molecule has 1 saturated heterocycles. The summed E-state index contributed by atoms with van der Waals surface area (Å²) >= 11 is 0. The molecular formula is C11H13N3O5. The Morgan fingerprint density at radius 2 is 2.37 bits per heavy atom. The molecule has 1 aliphatic rings. The SMILES string of the molecule is C#C[C@@]1(O)C(O)[C@H](n2ccc(N)nc2=O)O[C@@H]1CO. The first kappa shape index (κ1) is 13.5. The maximum atomic E-state index is 11.7. The molecule has 1 fully saturated rings. The van der Waals surface area contributed by atoms with Crippen molar-refractivity contribution in [1.29, 1.82) is 0 Å². The minimum absolute atomic E-state index is 0.0136. The fourth-order valence-corrected chi connectivity index (χ4v) is 1.95. The molecule has 2 heterocycles. The summed E-state index contributed by atoms with van der Waals surface area (Å²) in [5.41, 5.74) is 2.50. The molecule has 102 valence electrons. The van der Waals surface area contributed by atoms with Crippen molar-refractivity contribution in [2.75, 3.05) is 12.3 Å². The number of nitrogens with two attached hydrogens (primary N) is 1. The number of hydrogen-bond donors (Lipinski definition) is 4. The van der Waals surface area contributed by atoms with Crippen LogP contribution in [0.15, 0.2) is 17.1 Å². The highest BCUT2D eigenvalue weighted by atomic mass is 16.6. The lowest BCUT2D eigenvalue weighted by Gasteiger charge is -2.23. The van der Waals surface area contributed by atoms with E-state index in [-0.39, 0.29) is 5.82 Å². The van der Waals surface area contributed by atoms with Gasteiger partial charge in [0.15, 0.2) is 11.8 Å². The average molecular weight is 267 g/mol. The Balaban J connectivity index is 2.43. The number of nitrogens with zero attached hydrogens (tertiary/aromatic N) is 2. The Hall–Kier alpha value is -1.92. The summed E-state index contributed by atoms with van der Waals surface area (Å²) in [7, 11) is 0. The molecule has 0 spiro atoms. The van der Waals surface area contributed by atoms with Gasteiger partial charge in [-0.15, -0.1) is 6.42 Å². The monoisotopic (exact) mass is 267 g/mol. The Labute approximate surface area is 108 Å². The molecule has 2 rings (SSSR count). The second-order valence-corrected chi connectivity index (χ2v) is 4.15. The number of hydrogen-bond acceptors (Lipinski definition) is 7. The molecule has 1 aliphatic heterocycles. The quantitative estimate of drug-likeness (QED) is 0.433. The van der Waals surface area contributed by atoms with E-state index in [1.165, 1.54) is 12.3 Å². The molecule has 0 aliphatic carbocycles. The summed E-state index contributed by atoms with van der Waals surface area (Å²) in [6, 6.07) is 1.33. The largest absolute Gasteiger partial charge is 0.394 e. The van der Waals surface area contributed by atoms with Crippen molar-refractivity contribution in [3.05, 3.63) is 22.7 Å². The van der Waals surface area contributed by atoms with Crippen LogP contribution in [0, 0.1) is 12.3 Å². The van der Waals surface area contributed by atoms with Crippen molar-refractivity contribution < 1.29 is 20.1 Å². The van der Waals surface area contributed by atoms with Crippen molar-refractivity contribution in [3.63, 3.8) is 0 Å². The Kier molecular flexibility index (Phi) is 3.30. The molecule has 19 heavy (non-hydrogen) atoms. The van der Waals surface area contributed by atoms with Gasteiger partial charge < -0.3 is 25.8 Å². The van der Waals surface area contributed by atoms with Gasteiger partial charge in [-0.3, -0.25) is 4.57 Å². The highest BCUT2D eigenvalue weighted by Gasteiger charge is 2.55. The minimum Gasteiger partial charge on any atom is -0.394 e. The first-order valence-corrected chi connectivity index (χ1v) is 5.43. The van der Waals surface area contributed by atoms with E-state index in [4.69, 9.17) is 22.0 Å². The van der Waals surface area contributed by atoms with Crippen LogP contribution < -0.4 is 11.4 Å². The fourth-order valence-electron chi connectivity index (χ4n) is 1.95. The van der Waals surface area contributed by atoms with Crippen molar-refractivity contribution in [2.45, 2.75) is 24.0 Å². The summed E-state index contributed by atoms with van der Waals surface area (Å²) < 4.78 is 6.17. The van der Waals surface area contributed by atoms with Crippen molar-refractivity contribution in [3.8, 4) is 12.3 Å². The van der Waals surface area contributed by atoms with Crippen LogP contribution in [0.2, 0.25) is 0 Å². The molecule has 1 unspecified atom stereocenters. The van der Waals surface area contributed by atoms with E-state index >= 15 is 0 Å². The molecule has 8 nitrogen and oxygen atoms in total. The topological polar surface area (TPSA) is 131 Å². The van der Waals surface area contributed by atoms with Crippen LogP contribution in [0.1, 0.15) is 6.23 Å². The van der Waals surface area contributed by atoms with Crippen LogP contribution in [0.5, 0.6) is 0 Å². The molecule has 0 bridgehead atoms. The first-order valence-electron chi connectivity index (χ1n) is 5.43. The van der Waals surface area contributed by atoms with E-state index in [2.05, 4.69) is 4.98 Å². The molecular weight excluding hydrogens is 254 g/mol. The molecule has 1 aromatic heterocycles. The van der Waals surface area contributed by atoms with E-state index in [0.717, 1.165) is 4.57 Å². The summed E-state index contributed by atoms with van der Waals surface area (Å²) in [5, 5.41) is 29.2. The van der Waals surface area contributed by atoms with E-state index in [1.807, 2.05) is 5.92 Å². The number of aliphatic hydroxyl groups is 3.